The highest BCUT2D eigenvalue weighted by molar-refractivity contribution is 6.42. The van der Waals surface area contributed by atoms with Gasteiger partial charge in [-0.05, 0) is 36.0 Å². The Bertz CT molecular complexity index is 513. The summed E-state index contributed by atoms with van der Waals surface area (Å²) in [6, 6.07) is 5.28. The van der Waals surface area contributed by atoms with Crippen LogP contribution in [0.3, 0.4) is 0 Å². The van der Waals surface area contributed by atoms with Gasteiger partial charge in [-0.15, -0.1) is 0 Å². The topological polar surface area (TPSA) is 49.3 Å². The van der Waals surface area contributed by atoms with E-state index in [4.69, 9.17) is 28.3 Å². The zero-order valence-electron chi connectivity index (χ0n) is 12.3. The number of carbonyl (C=O) groups is 1. The van der Waals surface area contributed by atoms with Crippen LogP contribution in [0.4, 0.5) is 0 Å². The van der Waals surface area contributed by atoms with E-state index in [0.29, 0.717) is 22.2 Å². The molecule has 116 valence electrons. The van der Waals surface area contributed by atoms with E-state index in [0.717, 1.165) is 12.8 Å². The summed E-state index contributed by atoms with van der Waals surface area (Å²) < 4.78 is 0. The molecule has 0 aliphatic carbocycles. The molecule has 0 aliphatic rings. The molecule has 3 nitrogen and oxygen atoms in total. The van der Waals surface area contributed by atoms with Crippen LogP contribution in [0.2, 0.25) is 10.0 Å². The lowest BCUT2D eigenvalue weighted by Crippen LogP contribution is -2.33. The molecule has 1 aromatic rings. The van der Waals surface area contributed by atoms with Gasteiger partial charge in [-0.2, -0.15) is 0 Å². The van der Waals surface area contributed by atoms with Gasteiger partial charge in [0, 0.05) is 19.2 Å². The van der Waals surface area contributed by atoms with Crippen LogP contribution < -0.4 is 5.32 Å². The number of benzene rings is 1. The summed E-state index contributed by atoms with van der Waals surface area (Å²) in [5.74, 6) is -0.178. The number of amides is 1. The number of rotatable bonds is 7. The lowest BCUT2D eigenvalue weighted by atomic mass is 9.88. The second-order valence-electron chi connectivity index (χ2n) is 5.69. The molecule has 0 saturated carbocycles. The highest BCUT2D eigenvalue weighted by Crippen LogP contribution is 2.26. The smallest absolute Gasteiger partial charge is 0.244 e. The molecule has 1 rings (SSSR count). The monoisotopic (exact) mass is 329 g/mol. The molecule has 0 spiro atoms. The number of aliphatic hydroxyl groups excluding tert-OH is 1. The van der Waals surface area contributed by atoms with Crippen LogP contribution in [-0.4, -0.2) is 24.2 Å². The Morgan fingerprint density at radius 1 is 1.38 bits per heavy atom. The number of aliphatic hydroxyl groups is 1. The third kappa shape index (κ3) is 6.51. The summed E-state index contributed by atoms with van der Waals surface area (Å²) in [5.41, 5.74) is 0.666. The number of hydrogen-bond donors (Lipinski definition) is 2. The summed E-state index contributed by atoms with van der Waals surface area (Å²) in [4.78, 5) is 11.8. The van der Waals surface area contributed by atoms with E-state index < -0.39 is 0 Å². The van der Waals surface area contributed by atoms with Crippen LogP contribution in [0.15, 0.2) is 24.3 Å². The minimum atomic E-state index is -0.178. The number of nitrogens with one attached hydrogen (secondary N) is 1. The minimum absolute atomic E-state index is 0.0417. The fourth-order valence-corrected chi connectivity index (χ4v) is 2.22. The Kier molecular flexibility index (Phi) is 7.23. The van der Waals surface area contributed by atoms with Gasteiger partial charge in [0.1, 0.15) is 0 Å². The second kappa shape index (κ2) is 8.42. The highest BCUT2D eigenvalue weighted by atomic mass is 35.5. The van der Waals surface area contributed by atoms with E-state index in [1.54, 1.807) is 24.3 Å². The van der Waals surface area contributed by atoms with Gasteiger partial charge in [-0.3, -0.25) is 4.79 Å². The summed E-state index contributed by atoms with van der Waals surface area (Å²) in [6.45, 7) is 4.84. The van der Waals surface area contributed by atoms with Gasteiger partial charge in [0.25, 0.3) is 0 Å². The van der Waals surface area contributed by atoms with Crippen molar-refractivity contribution in [1.82, 2.24) is 5.32 Å². The van der Waals surface area contributed by atoms with E-state index in [1.807, 2.05) is 0 Å². The molecule has 0 bridgehead atoms. The fraction of sp³-hybridized carbons (Fsp3) is 0.438. The Morgan fingerprint density at radius 2 is 2.10 bits per heavy atom. The maximum Gasteiger partial charge on any atom is 0.244 e. The molecular weight excluding hydrogens is 309 g/mol. The molecular formula is C16H21Cl2NO2. The third-order valence-corrected chi connectivity index (χ3v) is 3.98. The molecule has 0 unspecified atom stereocenters. The summed E-state index contributed by atoms with van der Waals surface area (Å²) in [5, 5.41) is 12.6. The predicted octanol–water partition coefficient (Wildman–Crippen LogP) is 3.92. The van der Waals surface area contributed by atoms with Crippen LogP contribution >= 0.6 is 23.2 Å². The Morgan fingerprint density at radius 3 is 2.76 bits per heavy atom. The lowest BCUT2D eigenvalue weighted by Gasteiger charge is -2.24. The van der Waals surface area contributed by atoms with Crippen molar-refractivity contribution in [2.75, 3.05) is 13.2 Å². The van der Waals surface area contributed by atoms with E-state index >= 15 is 0 Å². The zero-order chi connectivity index (χ0) is 15.9. The van der Waals surface area contributed by atoms with E-state index in [1.165, 1.54) is 6.08 Å². The molecule has 0 saturated heterocycles. The first-order valence-corrected chi connectivity index (χ1v) is 7.62. The average Bonchev–Trinajstić information content (AvgIpc) is 2.45. The first-order valence-electron chi connectivity index (χ1n) is 6.86. The lowest BCUT2D eigenvalue weighted by molar-refractivity contribution is -0.116. The van der Waals surface area contributed by atoms with Crippen LogP contribution in [0.25, 0.3) is 6.08 Å². The van der Waals surface area contributed by atoms with Crippen molar-refractivity contribution in [3.8, 4) is 0 Å². The van der Waals surface area contributed by atoms with Crippen molar-refractivity contribution in [2.24, 2.45) is 5.41 Å². The third-order valence-electron chi connectivity index (χ3n) is 3.15. The van der Waals surface area contributed by atoms with Crippen LogP contribution in [0, 0.1) is 5.41 Å². The molecule has 1 amide bonds. The van der Waals surface area contributed by atoms with Gasteiger partial charge in [0.2, 0.25) is 5.91 Å². The van der Waals surface area contributed by atoms with Crippen molar-refractivity contribution in [3.05, 3.63) is 39.9 Å². The average molecular weight is 330 g/mol. The van der Waals surface area contributed by atoms with Crippen molar-refractivity contribution < 1.29 is 9.90 Å². The zero-order valence-corrected chi connectivity index (χ0v) is 13.8. The van der Waals surface area contributed by atoms with Crippen molar-refractivity contribution in [2.45, 2.75) is 26.7 Å². The van der Waals surface area contributed by atoms with Crippen LogP contribution in [-0.2, 0) is 4.79 Å². The number of hydrogen-bond acceptors (Lipinski definition) is 2. The highest BCUT2D eigenvalue weighted by Gasteiger charge is 2.17. The largest absolute Gasteiger partial charge is 0.396 e. The van der Waals surface area contributed by atoms with Gasteiger partial charge in [0.05, 0.1) is 10.0 Å². The molecule has 0 aromatic heterocycles. The van der Waals surface area contributed by atoms with Gasteiger partial charge < -0.3 is 10.4 Å². The molecule has 0 fully saturated rings. The fourth-order valence-electron chi connectivity index (χ4n) is 1.85. The molecule has 0 aliphatic heterocycles. The number of halogens is 2. The standard InChI is InChI=1S/C16H21Cl2NO2/c1-16(2,9-4-10-20)11-19-14(21)8-7-12-5-3-6-13(17)15(12)18/h3,5-8,20H,4,9-11H2,1-2H3,(H,19,21)/b8-7+. The van der Waals surface area contributed by atoms with Crippen molar-refractivity contribution in [3.63, 3.8) is 0 Å². The molecule has 1 aromatic carbocycles. The Hall–Kier alpha value is -1.03. The molecule has 0 radical (unpaired) electrons. The molecule has 0 atom stereocenters. The second-order valence-corrected chi connectivity index (χ2v) is 6.47. The first-order chi connectivity index (χ1) is 9.85. The molecule has 21 heavy (non-hydrogen) atoms. The van der Waals surface area contributed by atoms with E-state index in [2.05, 4.69) is 19.2 Å². The molecule has 5 heteroatoms. The Balaban J connectivity index is 2.54. The SMILES string of the molecule is CC(C)(CCCO)CNC(=O)/C=C/c1cccc(Cl)c1Cl. The number of carbonyl (C=O) groups excluding carboxylic acids is 1. The van der Waals surface area contributed by atoms with Crippen LogP contribution in [0.1, 0.15) is 32.3 Å². The summed E-state index contributed by atoms with van der Waals surface area (Å²) >= 11 is 12.0. The summed E-state index contributed by atoms with van der Waals surface area (Å²) in [7, 11) is 0. The summed E-state index contributed by atoms with van der Waals surface area (Å²) in [6.07, 6.45) is 4.67. The van der Waals surface area contributed by atoms with Gasteiger partial charge in [0.15, 0.2) is 0 Å². The molecule has 0 heterocycles. The van der Waals surface area contributed by atoms with E-state index in [-0.39, 0.29) is 17.9 Å². The van der Waals surface area contributed by atoms with E-state index in [9.17, 15) is 4.79 Å². The van der Waals surface area contributed by atoms with Crippen molar-refractivity contribution in [1.29, 1.82) is 0 Å². The normalized spacial score (nSPS) is 11.9. The predicted molar refractivity (Wildman–Crippen MR) is 88.6 cm³/mol. The molecule has 2 N–H and O–H groups in total. The minimum Gasteiger partial charge on any atom is -0.396 e. The van der Waals surface area contributed by atoms with Gasteiger partial charge >= 0.3 is 0 Å². The van der Waals surface area contributed by atoms with Gasteiger partial charge in [-0.1, -0.05) is 49.2 Å². The maximum atomic E-state index is 11.8. The Labute approximate surface area is 136 Å². The first kappa shape index (κ1) is 18.0. The van der Waals surface area contributed by atoms with Crippen LogP contribution in [0.5, 0.6) is 0 Å². The van der Waals surface area contributed by atoms with Gasteiger partial charge in [-0.25, -0.2) is 0 Å². The van der Waals surface area contributed by atoms with Crippen molar-refractivity contribution >= 4 is 35.2 Å². The maximum absolute atomic E-state index is 11.8. The quantitative estimate of drug-likeness (QED) is 0.745.